The monoisotopic (exact) mass is 1390 g/mol. The number of amides is 3. The highest BCUT2D eigenvalue weighted by molar-refractivity contribution is 9.11. The molecule has 6 aromatic carbocycles. The lowest BCUT2D eigenvalue weighted by Crippen LogP contribution is -2.55. The first kappa shape index (κ1) is 65.5. The molecule has 6 atom stereocenters. The Labute approximate surface area is 495 Å². The number of halogens is 9. The van der Waals surface area contributed by atoms with Crippen molar-refractivity contribution in [2.45, 2.75) is 62.9 Å². The lowest BCUT2D eigenvalue weighted by Gasteiger charge is -2.36. The molecule has 9 rings (SSSR count). The van der Waals surface area contributed by atoms with Gasteiger partial charge in [-0.05, 0) is 175 Å². The maximum absolute atomic E-state index is 13.3. The van der Waals surface area contributed by atoms with Gasteiger partial charge in [0.15, 0.2) is 0 Å². The molecule has 6 aromatic rings. The minimum atomic E-state index is -3.91. The fourth-order valence-electron chi connectivity index (χ4n) is 8.46. The second kappa shape index (κ2) is 27.4. The molecule has 18 nitrogen and oxygen atoms in total. The van der Waals surface area contributed by atoms with E-state index in [0.29, 0.717) is 33.8 Å². The predicted molar refractivity (Wildman–Crippen MR) is 307 cm³/mol. The van der Waals surface area contributed by atoms with Crippen molar-refractivity contribution in [2.24, 2.45) is 0 Å². The molecular formula is C52H52Br3F6N9O9S3. The SMILES string of the molecule is C.CN1C(C(=O)Nc2ccc(F)c(Br)c2)CC(c2ccc(F)cc2)NS1(=O)=O.CN1[C@@H](C(=O)Nc2ccc(F)c(Br)c2)C[C@@H](c2ccc(F)cc2)NS1(=O)=O.CN1[C@H](C(=O)Nc2ccc(F)c(Br)c2)C[C@H](c2ccc(F)cc2)NS1(=O)=O. The van der Waals surface area contributed by atoms with Gasteiger partial charge in [-0.1, -0.05) is 43.8 Å². The molecule has 3 aliphatic rings. The molecule has 440 valence electrons. The van der Waals surface area contributed by atoms with E-state index in [1.165, 1.54) is 149 Å². The zero-order chi connectivity index (χ0) is 59.3. The Morgan fingerprint density at radius 2 is 0.634 bits per heavy atom. The average molecular weight is 1400 g/mol. The number of hydrogen-bond acceptors (Lipinski definition) is 9. The summed E-state index contributed by atoms with van der Waals surface area (Å²) in [6.07, 6.45) is 0.445. The lowest BCUT2D eigenvalue weighted by atomic mass is 9.99. The summed E-state index contributed by atoms with van der Waals surface area (Å²) in [5.74, 6) is -4.40. The minimum Gasteiger partial charge on any atom is -0.325 e. The number of nitrogens with one attached hydrogen (secondary N) is 6. The lowest BCUT2D eigenvalue weighted by molar-refractivity contribution is -0.120. The summed E-state index contributed by atoms with van der Waals surface area (Å²) in [7, 11) is -7.83. The fourth-order valence-corrected chi connectivity index (χ4v) is 13.4. The quantitative estimate of drug-likeness (QED) is 0.0755. The van der Waals surface area contributed by atoms with Crippen molar-refractivity contribution in [3.05, 3.63) is 192 Å². The minimum absolute atomic E-state index is 0. The Hall–Kier alpha value is -5.64. The predicted octanol–water partition coefficient (Wildman–Crippen LogP) is 9.47. The van der Waals surface area contributed by atoms with Crippen LogP contribution in [0.2, 0.25) is 0 Å². The molecule has 3 amide bonds. The molecular weight excluding hydrogens is 1340 g/mol. The van der Waals surface area contributed by atoms with E-state index in [1.807, 2.05) is 0 Å². The Morgan fingerprint density at radius 3 is 0.841 bits per heavy atom. The number of rotatable bonds is 9. The molecule has 2 unspecified atom stereocenters. The van der Waals surface area contributed by atoms with Crippen LogP contribution in [0.25, 0.3) is 0 Å². The molecule has 0 spiro atoms. The van der Waals surface area contributed by atoms with Crippen molar-refractivity contribution in [3.63, 3.8) is 0 Å². The van der Waals surface area contributed by atoms with Crippen LogP contribution in [0.5, 0.6) is 0 Å². The van der Waals surface area contributed by atoms with Crippen LogP contribution in [0.1, 0.15) is 61.5 Å². The fraction of sp³-hybridized carbons (Fsp3) is 0.250. The van der Waals surface area contributed by atoms with Crippen LogP contribution in [0, 0.1) is 34.9 Å². The highest BCUT2D eigenvalue weighted by Crippen LogP contribution is 2.33. The highest BCUT2D eigenvalue weighted by Gasteiger charge is 2.43. The third kappa shape index (κ3) is 16.4. The van der Waals surface area contributed by atoms with Gasteiger partial charge >= 0.3 is 0 Å². The first-order valence-electron chi connectivity index (χ1n) is 23.8. The van der Waals surface area contributed by atoms with Crippen molar-refractivity contribution in [2.75, 3.05) is 37.1 Å². The number of carbonyl (C=O) groups excluding carboxylic acids is 3. The van der Waals surface area contributed by atoms with Crippen LogP contribution >= 0.6 is 47.8 Å². The summed E-state index contributed by atoms with van der Waals surface area (Å²) in [6, 6.07) is 23.1. The van der Waals surface area contributed by atoms with E-state index < -0.39 is 120 Å². The Bertz CT molecular complexity index is 3290. The molecule has 82 heavy (non-hydrogen) atoms. The van der Waals surface area contributed by atoms with Crippen molar-refractivity contribution >= 4 is 113 Å². The summed E-state index contributed by atoms with van der Waals surface area (Å²) in [5.41, 5.74) is 2.64. The Morgan fingerprint density at radius 1 is 0.415 bits per heavy atom. The topological polar surface area (TPSA) is 236 Å². The number of hydrogen-bond donors (Lipinski definition) is 6. The van der Waals surface area contributed by atoms with Crippen molar-refractivity contribution in [1.29, 1.82) is 0 Å². The molecule has 3 fully saturated rings. The number of anilines is 3. The molecule has 0 aromatic heterocycles. The second-order valence-electron chi connectivity index (χ2n) is 18.3. The standard InChI is InChI=1S/3C17H16BrF2N3O3S.CH4/c3*1-23-16(17(24)21-12-6-7-14(20)13(18)8-12)9-15(22-27(23,25)26)10-2-4-11(19)5-3-10;/h3*2-8,15-16,22H,9H2,1H3,(H,21,24);1H4/t2*15-,16+;;/m10../s1. The van der Waals surface area contributed by atoms with Gasteiger partial charge in [0.25, 0.3) is 30.6 Å². The second-order valence-corrected chi connectivity index (χ2v) is 26.2. The van der Waals surface area contributed by atoms with E-state index in [9.17, 15) is 66.0 Å². The van der Waals surface area contributed by atoms with Gasteiger partial charge in [-0.25, -0.2) is 26.3 Å². The van der Waals surface area contributed by atoms with Crippen molar-refractivity contribution in [1.82, 2.24) is 27.1 Å². The van der Waals surface area contributed by atoms with Gasteiger partial charge in [-0.2, -0.15) is 52.3 Å². The molecule has 0 radical (unpaired) electrons. The van der Waals surface area contributed by atoms with Crippen LogP contribution in [0.15, 0.2) is 141 Å². The van der Waals surface area contributed by atoms with Gasteiger partial charge in [-0.15, -0.1) is 0 Å². The molecule has 3 aliphatic heterocycles. The zero-order valence-electron chi connectivity index (χ0n) is 42.4. The number of benzene rings is 6. The van der Waals surface area contributed by atoms with Crippen molar-refractivity contribution < 1.29 is 66.0 Å². The zero-order valence-corrected chi connectivity index (χ0v) is 49.6. The largest absolute Gasteiger partial charge is 0.325 e. The van der Waals surface area contributed by atoms with Gasteiger partial charge < -0.3 is 16.0 Å². The van der Waals surface area contributed by atoms with Gasteiger partial charge in [-0.3, -0.25) is 14.4 Å². The maximum Gasteiger partial charge on any atom is 0.280 e. The first-order valence-corrected chi connectivity index (χ1v) is 30.5. The summed E-state index contributed by atoms with van der Waals surface area (Å²) in [6.45, 7) is 0. The molecule has 0 aliphatic carbocycles. The molecule has 0 saturated carbocycles. The first-order chi connectivity index (χ1) is 38.0. The van der Waals surface area contributed by atoms with Gasteiger partial charge in [0.2, 0.25) is 17.7 Å². The van der Waals surface area contributed by atoms with Gasteiger partial charge in [0.05, 0.1) is 13.4 Å². The van der Waals surface area contributed by atoms with Gasteiger partial charge in [0, 0.05) is 56.3 Å². The van der Waals surface area contributed by atoms with E-state index in [4.69, 9.17) is 0 Å². The molecule has 6 N–H and O–H groups in total. The smallest absolute Gasteiger partial charge is 0.280 e. The van der Waals surface area contributed by atoms with Crippen LogP contribution in [-0.4, -0.2) is 95.2 Å². The summed E-state index contributed by atoms with van der Waals surface area (Å²) in [5, 5.41) is 7.80. The number of carbonyl (C=O) groups is 3. The number of likely N-dealkylation sites (N-methyl/N-ethyl adjacent to an activating group) is 3. The van der Waals surface area contributed by atoms with Crippen LogP contribution < -0.4 is 30.1 Å². The normalized spacial score (nSPS) is 22.1. The van der Waals surface area contributed by atoms with E-state index in [-0.39, 0.29) is 40.1 Å². The molecule has 3 heterocycles. The Kier molecular flexibility index (Phi) is 21.9. The van der Waals surface area contributed by atoms with Crippen LogP contribution in [-0.2, 0) is 45.0 Å². The summed E-state index contributed by atoms with van der Waals surface area (Å²) < 4.78 is 165. The van der Waals surface area contributed by atoms with Crippen LogP contribution in [0.4, 0.5) is 43.4 Å². The van der Waals surface area contributed by atoms with Crippen molar-refractivity contribution in [3.8, 4) is 0 Å². The van der Waals surface area contributed by atoms with E-state index in [2.05, 4.69) is 77.9 Å². The maximum atomic E-state index is 13.3. The summed E-state index contributed by atoms with van der Waals surface area (Å²) >= 11 is 9.10. The average Bonchev–Trinajstić information content (AvgIpc) is 3.40. The molecule has 3 saturated heterocycles. The Balaban J connectivity index is 0.000000197. The third-order valence-corrected chi connectivity index (χ3v) is 19.6. The summed E-state index contributed by atoms with van der Waals surface area (Å²) in [4.78, 5) is 38.0. The van der Waals surface area contributed by atoms with Gasteiger partial charge in [0.1, 0.15) is 53.0 Å². The highest BCUT2D eigenvalue weighted by atomic mass is 79.9. The third-order valence-electron chi connectivity index (χ3n) is 13.0. The van der Waals surface area contributed by atoms with E-state index in [1.54, 1.807) is 0 Å². The van der Waals surface area contributed by atoms with E-state index in [0.717, 1.165) is 12.9 Å². The molecule has 30 heteroatoms. The van der Waals surface area contributed by atoms with E-state index >= 15 is 0 Å². The van der Waals surface area contributed by atoms with Crippen LogP contribution in [0.3, 0.4) is 0 Å². The number of nitrogens with zero attached hydrogens (tertiary/aromatic N) is 3. The molecule has 0 bridgehead atoms.